The number of hydrogen-bond donors (Lipinski definition) is 4. The Morgan fingerprint density at radius 2 is 2.00 bits per heavy atom. The molecule has 0 aliphatic heterocycles. The maximum Gasteiger partial charge on any atom is 0.204 e. The Balaban J connectivity index is 2.32. The van der Waals surface area contributed by atoms with Crippen molar-refractivity contribution in [2.45, 2.75) is 19.4 Å². The number of para-hydroxylation sites is 1. The molecule has 7 nitrogen and oxygen atoms in total. The summed E-state index contributed by atoms with van der Waals surface area (Å²) in [6, 6.07) is 5.47. The van der Waals surface area contributed by atoms with Crippen molar-refractivity contribution >= 4 is 21.9 Å². The van der Waals surface area contributed by atoms with Crippen LogP contribution in [0.1, 0.15) is 12.5 Å². The molecule has 1 unspecified atom stereocenters. The summed E-state index contributed by atoms with van der Waals surface area (Å²) in [4.78, 5) is 17.0. The van der Waals surface area contributed by atoms with Crippen LogP contribution in [-0.4, -0.2) is 26.7 Å². The maximum atomic E-state index is 12.7. The van der Waals surface area contributed by atoms with Gasteiger partial charge in [0.1, 0.15) is 28.6 Å². The normalized spacial score (nSPS) is 12.6. The molecule has 0 saturated carbocycles. The lowest BCUT2D eigenvalue weighted by Gasteiger charge is -2.16. The van der Waals surface area contributed by atoms with Crippen LogP contribution < -0.4 is 5.43 Å². The molecule has 2 aromatic carbocycles. The summed E-state index contributed by atoms with van der Waals surface area (Å²) in [7, 11) is 0. The van der Waals surface area contributed by atoms with Crippen LogP contribution in [0.5, 0.6) is 17.2 Å². The summed E-state index contributed by atoms with van der Waals surface area (Å²) < 4.78 is 5.49. The highest BCUT2D eigenvalue weighted by Crippen LogP contribution is 2.37. The zero-order valence-electron chi connectivity index (χ0n) is 13.3. The molecule has 130 valence electrons. The summed E-state index contributed by atoms with van der Waals surface area (Å²) in [6.07, 6.45) is -0.970. The number of benzene rings is 2. The Hall–Kier alpha value is -3.03. The van der Waals surface area contributed by atoms with E-state index >= 15 is 0 Å². The lowest BCUT2D eigenvalue weighted by molar-refractivity contribution is -0.268. The zero-order valence-corrected chi connectivity index (χ0v) is 13.3. The van der Waals surface area contributed by atoms with Crippen LogP contribution in [0.4, 0.5) is 0 Å². The van der Waals surface area contributed by atoms with Crippen LogP contribution >= 0.6 is 0 Å². The minimum absolute atomic E-state index is 0.0151. The Labute approximate surface area is 141 Å². The summed E-state index contributed by atoms with van der Waals surface area (Å²) in [5.41, 5.74) is -0.180. The number of phenolic OH excluding ortho intramolecular Hbond substituents is 3. The molecule has 1 atom stereocenters. The summed E-state index contributed by atoms with van der Waals surface area (Å²) in [5, 5.41) is 39.5. The van der Waals surface area contributed by atoms with Gasteiger partial charge in [-0.1, -0.05) is 12.6 Å². The molecule has 1 heterocycles. The van der Waals surface area contributed by atoms with E-state index in [-0.39, 0.29) is 45.4 Å². The number of aromatic hydroxyl groups is 3. The van der Waals surface area contributed by atoms with E-state index in [1.807, 2.05) is 0 Å². The van der Waals surface area contributed by atoms with Crippen molar-refractivity contribution in [2.24, 2.45) is 0 Å². The molecule has 0 amide bonds. The molecule has 0 aliphatic carbocycles. The van der Waals surface area contributed by atoms with Crippen molar-refractivity contribution in [3.05, 3.63) is 52.2 Å². The Bertz CT molecular complexity index is 1050. The molecule has 0 fully saturated rings. The summed E-state index contributed by atoms with van der Waals surface area (Å²) in [6.45, 7) is 5.27. The van der Waals surface area contributed by atoms with Crippen molar-refractivity contribution in [3.8, 4) is 17.2 Å². The monoisotopic (exact) mass is 344 g/mol. The van der Waals surface area contributed by atoms with Gasteiger partial charge in [0, 0.05) is 18.1 Å². The zero-order chi connectivity index (χ0) is 18.3. The average Bonchev–Trinajstić information content (AvgIpc) is 2.55. The van der Waals surface area contributed by atoms with Crippen LogP contribution in [0.25, 0.3) is 21.9 Å². The minimum Gasteiger partial charge on any atom is -0.507 e. The second-order valence-corrected chi connectivity index (χ2v) is 5.83. The van der Waals surface area contributed by atoms with Crippen molar-refractivity contribution in [2.75, 3.05) is 0 Å². The highest BCUT2D eigenvalue weighted by Gasteiger charge is 2.22. The van der Waals surface area contributed by atoms with E-state index in [9.17, 15) is 20.1 Å². The number of fused-ring (bicyclic) bond motifs is 2. The van der Waals surface area contributed by atoms with Gasteiger partial charge in [0.25, 0.3) is 0 Å². The van der Waals surface area contributed by atoms with E-state index in [0.717, 1.165) is 0 Å². The van der Waals surface area contributed by atoms with Crippen molar-refractivity contribution in [3.63, 3.8) is 0 Å². The van der Waals surface area contributed by atoms with E-state index in [1.165, 1.54) is 24.3 Å². The number of rotatable bonds is 4. The number of phenols is 3. The smallest absolute Gasteiger partial charge is 0.204 e. The maximum absolute atomic E-state index is 12.7. The van der Waals surface area contributed by atoms with E-state index in [2.05, 4.69) is 11.5 Å². The fourth-order valence-corrected chi connectivity index (χ4v) is 2.72. The standard InChI is InChI=1S/C18H16O7/c1-8(2)13(25-23)6-10-12(20)7-14-15(17(10)22)16(21)9-4-3-5-11(19)18(9)24-14/h3-5,7,13,19-20,22-23H,1,6H2,2H3. The molecule has 4 N–H and O–H groups in total. The Kier molecular flexibility index (Phi) is 4.12. The van der Waals surface area contributed by atoms with E-state index in [0.29, 0.717) is 5.57 Å². The van der Waals surface area contributed by atoms with Gasteiger partial charge in [-0.15, -0.1) is 0 Å². The van der Waals surface area contributed by atoms with Crippen molar-refractivity contribution in [1.82, 2.24) is 0 Å². The van der Waals surface area contributed by atoms with Crippen LogP contribution in [-0.2, 0) is 11.3 Å². The van der Waals surface area contributed by atoms with Crippen molar-refractivity contribution in [1.29, 1.82) is 0 Å². The van der Waals surface area contributed by atoms with Gasteiger partial charge < -0.3 is 19.7 Å². The van der Waals surface area contributed by atoms with Gasteiger partial charge >= 0.3 is 0 Å². The van der Waals surface area contributed by atoms with Gasteiger partial charge in [-0.25, -0.2) is 4.89 Å². The summed E-state index contributed by atoms with van der Waals surface area (Å²) in [5.74, 6) is -1.04. The molecular weight excluding hydrogens is 328 g/mol. The topological polar surface area (TPSA) is 120 Å². The van der Waals surface area contributed by atoms with Gasteiger partial charge in [-0.3, -0.25) is 10.1 Å². The van der Waals surface area contributed by atoms with Crippen LogP contribution in [0, 0.1) is 0 Å². The fourth-order valence-electron chi connectivity index (χ4n) is 2.72. The number of hydrogen-bond acceptors (Lipinski definition) is 7. The third kappa shape index (κ3) is 2.69. The lowest BCUT2D eigenvalue weighted by atomic mass is 9.99. The van der Waals surface area contributed by atoms with Crippen LogP contribution in [0.15, 0.2) is 45.6 Å². The Morgan fingerprint density at radius 1 is 1.28 bits per heavy atom. The highest BCUT2D eigenvalue weighted by atomic mass is 17.1. The van der Waals surface area contributed by atoms with Gasteiger partial charge in [-0.05, 0) is 24.6 Å². The summed E-state index contributed by atoms with van der Waals surface area (Å²) >= 11 is 0. The first-order chi connectivity index (χ1) is 11.8. The molecule has 0 aliphatic rings. The third-order valence-corrected chi connectivity index (χ3v) is 4.09. The van der Waals surface area contributed by atoms with Gasteiger partial charge in [0.2, 0.25) is 5.43 Å². The molecular formula is C18H16O7. The lowest BCUT2D eigenvalue weighted by Crippen LogP contribution is -2.16. The average molecular weight is 344 g/mol. The molecule has 0 radical (unpaired) electrons. The van der Waals surface area contributed by atoms with E-state index in [4.69, 9.17) is 9.67 Å². The Morgan fingerprint density at radius 3 is 2.64 bits per heavy atom. The second kappa shape index (κ2) is 6.12. The molecule has 1 aromatic heterocycles. The van der Waals surface area contributed by atoms with Gasteiger partial charge in [-0.2, -0.15) is 0 Å². The molecule has 0 saturated heterocycles. The first-order valence-corrected chi connectivity index (χ1v) is 7.43. The first kappa shape index (κ1) is 16.8. The second-order valence-electron chi connectivity index (χ2n) is 5.83. The van der Waals surface area contributed by atoms with E-state index < -0.39 is 17.3 Å². The highest BCUT2D eigenvalue weighted by molar-refractivity contribution is 5.96. The minimum atomic E-state index is -0.870. The largest absolute Gasteiger partial charge is 0.507 e. The molecule has 3 aromatic rings. The van der Waals surface area contributed by atoms with Gasteiger partial charge in [0.15, 0.2) is 11.3 Å². The third-order valence-electron chi connectivity index (χ3n) is 4.09. The van der Waals surface area contributed by atoms with Crippen LogP contribution in [0.2, 0.25) is 0 Å². The van der Waals surface area contributed by atoms with Crippen LogP contribution in [0.3, 0.4) is 0 Å². The van der Waals surface area contributed by atoms with E-state index in [1.54, 1.807) is 6.92 Å². The quantitative estimate of drug-likeness (QED) is 0.248. The molecule has 7 heteroatoms. The predicted molar refractivity (Wildman–Crippen MR) is 91.0 cm³/mol. The van der Waals surface area contributed by atoms with Crippen molar-refractivity contribution < 1.29 is 29.9 Å². The van der Waals surface area contributed by atoms with Gasteiger partial charge in [0.05, 0.1) is 5.39 Å². The predicted octanol–water partition coefficient (Wildman–Crippen LogP) is 3.04. The molecule has 0 bridgehead atoms. The SMILES string of the molecule is C=C(C)C(Cc1c(O)cc2oc3c(O)cccc3c(=O)c2c1O)OO. The molecule has 0 spiro atoms. The molecule has 3 rings (SSSR count). The first-order valence-electron chi connectivity index (χ1n) is 7.43. The molecule has 25 heavy (non-hydrogen) atoms. The fraction of sp³-hybridized carbons (Fsp3) is 0.167.